The van der Waals surface area contributed by atoms with Crippen LogP contribution in [0.4, 0.5) is 0 Å². The molecule has 0 amide bonds. The van der Waals surface area contributed by atoms with Gasteiger partial charge in [-0.15, -0.1) is 73.2 Å². The first-order valence-electron chi connectivity index (χ1n) is 13.5. The van der Waals surface area contributed by atoms with Crippen LogP contribution in [0.5, 0.6) is 0 Å². The maximum atomic E-state index is 7.82. The number of nitrogens with zero attached hydrogens (tertiary/aromatic N) is 2. The van der Waals surface area contributed by atoms with Gasteiger partial charge in [0, 0.05) is 17.8 Å². The van der Waals surface area contributed by atoms with Gasteiger partial charge < -0.3 is 10.3 Å². The number of thiophene rings is 1. The molecular formula is C29H23IrN2S. The van der Waals surface area contributed by atoms with E-state index in [-0.39, 0.29) is 31.7 Å². The summed E-state index contributed by atoms with van der Waals surface area (Å²) >= 11 is 1.66. The van der Waals surface area contributed by atoms with E-state index in [0.29, 0.717) is 11.3 Å². The van der Waals surface area contributed by atoms with Crippen LogP contribution in [-0.2, 0) is 20.1 Å². The summed E-state index contributed by atoms with van der Waals surface area (Å²) in [6, 6.07) is 28.4. The molecule has 2 aromatic heterocycles. The van der Waals surface area contributed by atoms with Crippen molar-refractivity contribution in [2.24, 2.45) is 0 Å². The zero-order valence-electron chi connectivity index (χ0n) is 24.4. The van der Waals surface area contributed by atoms with Gasteiger partial charge in [0.1, 0.15) is 0 Å². The van der Waals surface area contributed by atoms with Crippen LogP contribution in [-0.4, -0.2) is 11.5 Å². The third kappa shape index (κ3) is 5.85. The Morgan fingerprint density at radius 3 is 2.82 bits per heavy atom. The number of aryl methyl sites for hydroxylation is 1. The number of benzene rings is 3. The van der Waals surface area contributed by atoms with E-state index in [4.69, 9.17) is 9.60 Å². The molecule has 0 aliphatic carbocycles. The molecule has 33 heavy (non-hydrogen) atoms. The normalized spacial score (nSPS) is 15.8. The molecule has 3 aromatic carbocycles. The molecule has 1 unspecified atom stereocenters. The molecule has 1 atom stereocenters. The van der Waals surface area contributed by atoms with Gasteiger partial charge in [0.2, 0.25) is 0 Å². The number of hydrogen-bond donors (Lipinski definition) is 0. The van der Waals surface area contributed by atoms with E-state index >= 15 is 0 Å². The van der Waals surface area contributed by atoms with Gasteiger partial charge in [0.15, 0.2) is 0 Å². The van der Waals surface area contributed by atoms with Crippen molar-refractivity contribution in [3.63, 3.8) is 0 Å². The summed E-state index contributed by atoms with van der Waals surface area (Å²) in [5.41, 5.74) is 2.80. The first-order chi connectivity index (χ1) is 18.7. The van der Waals surface area contributed by atoms with Gasteiger partial charge in [-0.1, -0.05) is 35.7 Å². The van der Waals surface area contributed by atoms with Crippen LogP contribution in [0.1, 0.15) is 20.7 Å². The van der Waals surface area contributed by atoms with Crippen molar-refractivity contribution in [3.8, 4) is 11.3 Å². The number of fused-ring (bicyclic) bond motifs is 3. The Kier molecular flexibility index (Phi) is 5.88. The van der Waals surface area contributed by atoms with Crippen LogP contribution in [0.25, 0.3) is 42.4 Å². The minimum atomic E-state index is -2.09. The smallest absolute Gasteiger partial charge is 0.725 e. The van der Waals surface area contributed by atoms with E-state index in [1.54, 1.807) is 35.6 Å². The second kappa shape index (κ2) is 11.7. The topological polar surface area (TPSA) is 27.0 Å². The van der Waals surface area contributed by atoms with Gasteiger partial charge in [-0.3, -0.25) is 0 Å². The fraction of sp³-hybridized carbons (Fsp3) is 0.0690. The van der Waals surface area contributed by atoms with Gasteiger partial charge in [0.05, 0.1) is 2.74 Å². The van der Waals surface area contributed by atoms with E-state index < -0.39 is 13.4 Å². The summed E-state index contributed by atoms with van der Waals surface area (Å²) in [5.74, 6) is 0. The standard InChI is InChI=1S/C17H13NS.C12H10N.Ir/c1-3-11-18-12(2)13-8-6-10-16-17(13)14-7-4-5-9-15(14)19-16;1-10-7-8-12(13-9-10)11-5-3-2-4-6-11;/h3-7,9-10H,1-2,11H2;2-5,7-9H,1H3;/q-2;-1;+3/i1D,2D,3D,11D;1D3;. The van der Waals surface area contributed by atoms with Crippen LogP contribution in [0.2, 0.25) is 0 Å². The van der Waals surface area contributed by atoms with Gasteiger partial charge in [0.25, 0.3) is 0 Å². The van der Waals surface area contributed by atoms with E-state index in [1.165, 1.54) is 6.20 Å². The molecule has 0 aliphatic heterocycles. The molecule has 0 fully saturated rings. The Morgan fingerprint density at radius 1 is 1.15 bits per heavy atom. The maximum Gasteiger partial charge on any atom is 3.00 e. The average molecular weight is 631 g/mol. The number of aromatic nitrogens is 1. The first kappa shape index (κ1) is 16.6. The quantitative estimate of drug-likeness (QED) is 0.142. The molecule has 0 saturated carbocycles. The molecule has 2 heterocycles. The fourth-order valence-corrected chi connectivity index (χ4v) is 4.31. The van der Waals surface area contributed by atoms with Crippen LogP contribution in [0.3, 0.4) is 0 Å². The molecule has 0 bridgehead atoms. The molecule has 0 radical (unpaired) electrons. The van der Waals surface area contributed by atoms with Crippen LogP contribution in [0.15, 0.2) is 98.2 Å². The summed E-state index contributed by atoms with van der Waals surface area (Å²) in [4.78, 5) is 4.12. The van der Waals surface area contributed by atoms with Crippen LogP contribution in [0, 0.1) is 19.0 Å². The van der Waals surface area contributed by atoms with Crippen molar-refractivity contribution in [1.29, 1.82) is 0 Å². The van der Waals surface area contributed by atoms with E-state index in [0.717, 1.165) is 44.5 Å². The van der Waals surface area contributed by atoms with Crippen molar-refractivity contribution in [2.45, 2.75) is 6.85 Å². The van der Waals surface area contributed by atoms with Crippen LogP contribution >= 0.6 is 11.3 Å². The molecule has 0 N–H and O–H groups in total. The summed E-state index contributed by atoms with van der Waals surface area (Å²) in [6.45, 7) is -1.42. The Bertz CT molecular complexity index is 1620. The minimum absolute atomic E-state index is 0. The molecule has 5 rings (SSSR count). The van der Waals surface area contributed by atoms with E-state index in [2.05, 4.69) is 22.4 Å². The monoisotopic (exact) mass is 631 g/mol. The van der Waals surface area contributed by atoms with Crippen molar-refractivity contribution in [2.75, 3.05) is 6.52 Å². The second-order valence-corrected chi connectivity index (χ2v) is 7.79. The number of pyridine rings is 1. The summed E-state index contributed by atoms with van der Waals surface area (Å²) in [6.07, 6.45) is 1.39. The molecule has 0 spiro atoms. The molecule has 5 aromatic rings. The molecule has 0 aliphatic rings. The largest absolute Gasteiger partial charge is 3.00 e. The van der Waals surface area contributed by atoms with E-state index in [1.807, 2.05) is 48.5 Å². The Balaban J connectivity index is 0.000000229. The average Bonchev–Trinajstić information content (AvgIpc) is 3.35. The molecule has 0 saturated heterocycles. The SMILES string of the molecule is [2H]C([2H])([2H])c1ccc(-c2[c-]cccc2)nc1.[2H]C=C([N-]C([2H])C([2H])=C[2H])c1[c-]ccc2sc3ccccc3c12.[Ir+3]. The zero-order chi connectivity index (χ0) is 28.0. The third-order valence-electron chi connectivity index (χ3n) is 4.62. The Hall–Kier alpha value is -3.04. The summed E-state index contributed by atoms with van der Waals surface area (Å²) in [5, 5.41) is 6.14. The number of hydrogen-bond acceptors (Lipinski definition) is 2. The molecule has 2 nitrogen and oxygen atoms in total. The first-order valence-corrected chi connectivity index (χ1v) is 10.6. The second-order valence-electron chi connectivity index (χ2n) is 6.71. The minimum Gasteiger partial charge on any atom is -0.725 e. The third-order valence-corrected chi connectivity index (χ3v) is 5.75. The molecule has 164 valence electrons. The summed E-state index contributed by atoms with van der Waals surface area (Å²) < 4.78 is 53.9. The van der Waals surface area contributed by atoms with Crippen molar-refractivity contribution < 1.29 is 29.7 Å². The van der Waals surface area contributed by atoms with Crippen molar-refractivity contribution in [3.05, 3.63) is 127 Å². The van der Waals surface area contributed by atoms with Crippen molar-refractivity contribution >= 4 is 37.2 Å². The Labute approximate surface area is 222 Å². The van der Waals surface area contributed by atoms with Gasteiger partial charge in [-0.25, -0.2) is 5.70 Å². The van der Waals surface area contributed by atoms with Crippen molar-refractivity contribution in [1.82, 2.24) is 4.98 Å². The Morgan fingerprint density at radius 2 is 2.06 bits per heavy atom. The summed E-state index contributed by atoms with van der Waals surface area (Å²) in [7, 11) is 0. The van der Waals surface area contributed by atoms with Gasteiger partial charge in [-0.05, 0) is 34.3 Å². The van der Waals surface area contributed by atoms with Gasteiger partial charge in [-0.2, -0.15) is 23.5 Å². The van der Waals surface area contributed by atoms with Gasteiger partial charge >= 0.3 is 20.1 Å². The fourth-order valence-electron chi connectivity index (χ4n) is 3.19. The molecular weight excluding hydrogens is 601 g/mol. The molecule has 4 heteroatoms. The predicted octanol–water partition coefficient (Wildman–Crippen LogP) is 8.24. The number of rotatable bonds is 5. The maximum absolute atomic E-state index is 7.82. The zero-order valence-corrected chi connectivity index (χ0v) is 20.6. The predicted molar refractivity (Wildman–Crippen MR) is 139 cm³/mol. The van der Waals surface area contributed by atoms with E-state index in [9.17, 15) is 0 Å². The van der Waals surface area contributed by atoms with Crippen LogP contribution < -0.4 is 0 Å².